The summed E-state index contributed by atoms with van der Waals surface area (Å²) in [5.74, 6) is 0.599. The van der Waals surface area contributed by atoms with Crippen LogP contribution in [0.5, 0.6) is 0 Å². The summed E-state index contributed by atoms with van der Waals surface area (Å²) in [7, 11) is 1.69. The number of amides is 1. The van der Waals surface area contributed by atoms with E-state index in [-0.39, 0.29) is 5.91 Å². The number of rotatable bonds is 8. The lowest BCUT2D eigenvalue weighted by Crippen LogP contribution is -2.12. The molecule has 0 aliphatic rings. The first-order chi connectivity index (χ1) is 8.76. The minimum atomic E-state index is 0.00537. The molecule has 0 radical (unpaired) electrons. The van der Waals surface area contributed by atoms with Crippen molar-refractivity contribution in [1.82, 2.24) is 4.98 Å². The quantitative estimate of drug-likeness (QED) is 0.696. The van der Waals surface area contributed by atoms with E-state index in [2.05, 4.69) is 15.6 Å². The Kier molecular flexibility index (Phi) is 6.79. The zero-order chi connectivity index (χ0) is 13.2. The molecule has 100 valence electrons. The number of aromatic nitrogens is 1. The van der Waals surface area contributed by atoms with Crippen molar-refractivity contribution in [2.45, 2.75) is 26.2 Å². The summed E-state index contributed by atoms with van der Waals surface area (Å²) >= 11 is 0. The molecule has 0 unspecified atom stereocenters. The van der Waals surface area contributed by atoms with Gasteiger partial charge in [0.2, 0.25) is 5.91 Å². The molecule has 0 bridgehead atoms. The van der Waals surface area contributed by atoms with Crippen molar-refractivity contribution in [1.29, 1.82) is 0 Å². The molecule has 18 heavy (non-hydrogen) atoms. The Balaban J connectivity index is 2.35. The first-order valence-electron chi connectivity index (χ1n) is 6.25. The fourth-order valence-electron chi connectivity index (χ4n) is 1.45. The average molecular weight is 251 g/mol. The second-order valence-corrected chi connectivity index (χ2v) is 4.00. The molecule has 1 aromatic rings. The van der Waals surface area contributed by atoms with E-state index in [1.165, 1.54) is 0 Å². The van der Waals surface area contributed by atoms with Crippen molar-refractivity contribution in [2.75, 3.05) is 30.9 Å². The van der Waals surface area contributed by atoms with Crippen LogP contribution in [0, 0.1) is 0 Å². The summed E-state index contributed by atoms with van der Waals surface area (Å²) in [6.07, 6.45) is 4.03. The number of methoxy groups -OCH3 is 1. The lowest BCUT2D eigenvalue weighted by molar-refractivity contribution is -0.116. The normalized spacial score (nSPS) is 10.1. The van der Waals surface area contributed by atoms with Gasteiger partial charge in [-0.25, -0.2) is 4.98 Å². The smallest absolute Gasteiger partial charge is 0.225 e. The van der Waals surface area contributed by atoms with Gasteiger partial charge in [-0.15, -0.1) is 0 Å². The number of nitrogens with zero attached hydrogens (tertiary/aromatic N) is 1. The number of carbonyl (C=O) groups excluding carboxylic acids is 1. The molecule has 1 amide bonds. The van der Waals surface area contributed by atoms with E-state index in [4.69, 9.17) is 4.74 Å². The predicted octanol–water partition coefficient (Wildman–Crippen LogP) is 2.27. The van der Waals surface area contributed by atoms with Crippen molar-refractivity contribution in [3.63, 3.8) is 0 Å². The summed E-state index contributed by atoms with van der Waals surface area (Å²) in [5, 5.41) is 5.98. The second kappa shape index (κ2) is 8.47. The van der Waals surface area contributed by atoms with Gasteiger partial charge in [0.05, 0.1) is 11.9 Å². The fourth-order valence-corrected chi connectivity index (χ4v) is 1.45. The molecule has 0 atom stereocenters. The summed E-state index contributed by atoms with van der Waals surface area (Å²) in [6.45, 7) is 3.56. The van der Waals surface area contributed by atoms with Crippen LogP contribution in [0.3, 0.4) is 0 Å². The van der Waals surface area contributed by atoms with Crippen molar-refractivity contribution in [3.05, 3.63) is 18.3 Å². The highest BCUT2D eigenvalue weighted by Crippen LogP contribution is 2.10. The predicted molar refractivity (Wildman–Crippen MR) is 72.8 cm³/mol. The first kappa shape index (κ1) is 14.4. The number of hydrogen-bond donors (Lipinski definition) is 2. The Bertz CT molecular complexity index is 352. The van der Waals surface area contributed by atoms with Crippen molar-refractivity contribution in [3.8, 4) is 0 Å². The largest absolute Gasteiger partial charge is 0.385 e. The number of hydrogen-bond acceptors (Lipinski definition) is 4. The molecule has 0 saturated heterocycles. The van der Waals surface area contributed by atoms with E-state index in [0.717, 1.165) is 31.7 Å². The van der Waals surface area contributed by atoms with Gasteiger partial charge >= 0.3 is 0 Å². The molecule has 2 N–H and O–H groups in total. The fraction of sp³-hybridized carbons (Fsp3) is 0.538. The van der Waals surface area contributed by atoms with Gasteiger partial charge in [-0.3, -0.25) is 4.79 Å². The van der Waals surface area contributed by atoms with Crippen molar-refractivity contribution in [2.24, 2.45) is 0 Å². The zero-order valence-electron chi connectivity index (χ0n) is 11.0. The first-order valence-corrected chi connectivity index (χ1v) is 6.25. The topological polar surface area (TPSA) is 63.2 Å². The van der Waals surface area contributed by atoms with Crippen molar-refractivity contribution >= 4 is 17.4 Å². The third kappa shape index (κ3) is 5.63. The Labute approximate surface area is 108 Å². The molecule has 0 aliphatic heterocycles. The maximum atomic E-state index is 11.4. The van der Waals surface area contributed by atoms with Crippen LogP contribution in [0.2, 0.25) is 0 Å². The monoisotopic (exact) mass is 251 g/mol. The van der Waals surface area contributed by atoms with E-state index in [0.29, 0.717) is 12.2 Å². The number of pyridine rings is 1. The molecule has 5 heteroatoms. The SMILES string of the molecule is CCCC(=O)Nc1ccc(NCCCOC)cn1. The maximum absolute atomic E-state index is 11.4. The number of carbonyl (C=O) groups is 1. The van der Waals surface area contributed by atoms with Crippen LogP contribution >= 0.6 is 0 Å². The van der Waals surface area contributed by atoms with E-state index in [9.17, 15) is 4.79 Å². The molecule has 0 aromatic carbocycles. The minimum Gasteiger partial charge on any atom is -0.385 e. The number of ether oxygens (including phenoxy) is 1. The number of anilines is 2. The minimum absolute atomic E-state index is 0.00537. The molecule has 0 fully saturated rings. The Hall–Kier alpha value is -1.62. The second-order valence-electron chi connectivity index (χ2n) is 4.00. The van der Waals surface area contributed by atoms with Gasteiger partial charge in [0.15, 0.2) is 0 Å². The van der Waals surface area contributed by atoms with Crippen LogP contribution in [0.15, 0.2) is 18.3 Å². The van der Waals surface area contributed by atoms with Gasteiger partial charge in [-0.05, 0) is 25.0 Å². The molecule has 0 aliphatic carbocycles. The van der Waals surface area contributed by atoms with Gasteiger partial charge < -0.3 is 15.4 Å². The maximum Gasteiger partial charge on any atom is 0.225 e. The average Bonchev–Trinajstić information content (AvgIpc) is 2.37. The number of nitrogens with one attached hydrogen (secondary N) is 2. The Morgan fingerprint density at radius 1 is 1.44 bits per heavy atom. The molecular formula is C13H21N3O2. The highest BCUT2D eigenvalue weighted by atomic mass is 16.5. The molecular weight excluding hydrogens is 230 g/mol. The molecule has 0 saturated carbocycles. The Morgan fingerprint density at radius 2 is 2.28 bits per heavy atom. The van der Waals surface area contributed by atoms with Crippen LogP contribution in [0.25, 0.3) is 0 Å². The lowest BCUT2D eigenvalue weighted by Gasteiger charge is -2.07. The summed E-state index contributed by atoms with van der Waals surface area (Å²) in [6, 6.07) is 3.70. The van der Waals surface area contributed by atoms with E-state index < -0.39 is 0 Å². The molecule has 5 nitrogen and oxygen atoms in total. The van der Waals surface area contributed by atoms with Gasteiger partial charge in [-0.1, -0.05) is 6.92 Å². The third-order valence-corrected chi connectivity index (χ3v) is 2.36. The van der Waals surface area contributed by atoms with Gasteiger partial charge in [-0.2, -0.15) is 0 Å². The summed E-state index contributed by atoms with van der Waals surface area (Å²) < 4.78 is 4.96. The van der Waals surface area contributed by atoms with Crippen LogP contribution in [-0.2, 0) is 9.53 Å². The Morgan fingerprint density at radius 3 is 2.89 bits per heavy atom. The summed E-state index contributed by atoms with van der Waals surface area (Å²) in [4.78, 5) is 15.5. The third-order valence-electron chi connectivity index (χ3n) is 2.36. The molecule has 1 rings (SSSR count). The molecule has 0 spiro atoms. The van der Waals surface area contributed by atoms with Crippen LogP contribution in [-0.4, -0.2) is 31.2 Å². The van der Waals surface area contributed by atoms with E-state index in [1.54, 1.807) is 19.4 Å². The highest BCUT2D eigenvalue weighted by molar-refractivity contribution is 5.89. The summed E-state index contributed by atoms with van der Waals surface area (Å²) in [5.41, 5.74) is 0.944. The lowest BCUT2D eigenvalue weighted by atomic mass is 10.3. The van der Waals surface area contributed by atoms with Gasteiger partial charge in [0, 0.05) is 26.7 Å². The van der Waals surface area contributed by atoms with Crippen LogP contribution < -0.4 is 10.6 Å². The zero-order valence-corrected chi connectivity index (χ0v) is 11.0. The van der Waals surface area contributed by atoms with Crippen molar-refractivity contribution < 1.29 is 9.53 Å². The van der Waals surface area contributed by atoms with Crippen LogP contribution in [0.4, 0.5) is 11.5 Å². The van der Waals surface area contributed by atoms with Gasteiger partial charge in [0.25, 0.3) is 0 Å². The highest BCUT2D eigenvalue weighted by Gasteiger charge is 2.01. The molecule has 1 aromatic heterocycles. The van der Waals surface area contributed by atoms with E-state index >= 15 is 0 Å². The van der Waals surface area contributed by atoms with Gasteiger partial charge in [0.1, 0.15) is 5.82 Å². The van der Waals surface area contributed by atoms with Crippen LogP contribution in [0.1, 0.15) is 26.2 Å². The molecule has 1 heterocycles. The standard InChI is InChI=1S/C13H21N3O2/c1-3-5-13(17)16-12-7-6-11(10-15-12)14-8-4-9-18-2/h6-7,10,14H,3-5,8-9H2,1-2H3,(H,15,16,17). The van der Waals surface area contributed by atoms with E-state index in [1.807, 2.05) is 13.0 Å².